The van der Waals surface area contributed by atoms with Gasteiger partial charge in [0, 0.05) is 51.4 Å². The van der Waals surface area contributed by atoms with Crippen molar-refractivity contribution < 1.29 is 9.47 Å². The normalized spacial score (nSPS) is 14.3. The lowest BCUT2D eigenvalue weighted by Crippen LogP contribution is -2.41. The number of hydrogen-bond acceptors (Lipinski definition) is 5. The van der Waals surface area contributed by atoms with Crippen LogP contribution < -0.4 is 35.5 Å². The number of rotatable bonds is 9. The Morgan fingerprint density at radius 3 is 1.59 bits per heavy atom. The van der Waals surface area contributed by atoms with Gasteiger partial charge in [-0.2, -0.15) is 0 Å². The maximum absolute atomic E-state index is 6.76. The third kappa shape index (κ3) is 8.41. The van der Waals surface area contributed by atoms with Gasteiger partial charge in [-0.25, -0.2) is 0 Å². The van der Waals surface area contributed by atoms with Crippen LogP contribution in [-0.4, -0.2) is 7.28 Å². The van der Waals surface area contributed by atoms with Gasteiger partial charge in [0.1, 0.15) is 0 Å². The third-order valence-electron chi connectivity index (χ3n) is 15.9. The molecule has 364 valence electrons. The van der Waals surface area contributed by atoms with Crippen molar-refractivity contribution in [3.05, 3.63) is 241 Å². The predicted octanol–water partition coefficient (Wildman–Crippen LogP) is 17.6. The van der Waals surface area contributed by atoms with E-state index in [9.17, 15) is 0 Å². The fraction of sp³-hybridized carbons (Fsp3) is 0.130. The second-order valence-electron chi connectivity index (χ2n) is 21.7. The fourth-order valence-corrected chi connectivity index (χ4v) is 11.7. The molecule has 2 heterocycles. The van der Waals surface area contributed by atoms with E-state index in [1.807, 2.05) is 24.3 Å². The first kappa shape index (κ1) is 46.1. The van der Waals surface area contributed by atoms with Crippen LogP contribution in [0.3, 0.4) is 0 Å². The molecule has 0 saturated heterocycles. The molecule has 6 heteroatoms. The smallest absolute Gasteiger partial charge is 0.198 e. The van der Waals surface area contributed by atoms with Crippen molar-refractivity contribution in [3.63, 3.8) is 0 Å². The summed E-state index contributed by atoms with van der Waals surface area (Å²) in [7, 11) is 0.702. The minimum Gasteiger partial charge on any atom is -0.449 e. The molecule has 0 radical (unpaired) electrons. The van der Waals surface area contributed by atoms with Crippen molar-refractivity contribution in [2.24, 2.45) is 0 Å². The highest BCUT2D eigenvalue weighted by atomic mass is 16.6. The molecule has 3 aliphatic rings. The second-order valence-corrected chi connectivity index (χ2v) is 21.7. The average Bonchev–Trinajstić information content (AvgIpc) is 3.45. The van der Waals surface area contributed by atoms with Gasteiger partial charge in [-0.3, -0.25) is 0 Å². The molecule has 0 aromatic heterocycles. The van der Waals surface area contributed by atoms with Gasteiger partial charge in [0.25, 0.3) is 0 Å². The summed E-state index contributed by atoms with van der Waals surface area (Å²) >= 11 is 0. The van der Waals surface area contributed by atoms with Crippen molar-refractivity contribution in [2.45, 2.75) is 58.3 Å². The maximum Gasteiger partial charge on any atom is 0.198 e. The number of anilines is 8. The lowest BCUT2D eigenvalue weighted by atomic mass is 9.57. The Morgan fingerprint density at radius 2 is 0.973 bits per heavy atom. The van der Waals surface area contributed by atoms with Crippen LogP contribution in [0.25, 0.3) is 33.4 Å². The highest BCUT2D eigenvalue weighted by molar-refractivity contribution is 6.73. The van der Waals surface area contributed by atoms with Gasteiger partial charge in [0.2, 0.25) is 0 Å². The molecular formula is C69H58BN3O2. The van der Waals surface area contributed by atoms with E-state index < -0.39 is 0 Å². The Hall–Kier alpha value is -8.74. The fourth-order valence-electron chi connectivity index (χ4n) is 11.7. The summed E-state index contributed by atoms with van der Waals surface area (Å²) in [5.41, 5.74) is 22.1. The molecule has 0 amide bonds. The SMILES string of the molecule is Cc1cc2c(cc1N1c3cc(N(c4ccccc4)c4ccccc4)ccc3Bc3c(-c4cc5c(cc4Nc4ccc(-c6ccccc6)cc4)Oc4ccccc4O5)cc(-c4ccccc4)cc31)C(C)(C)CCC2(C)C. The van der Waals surface area contributed by atoms with Gasteiger partial charge in [-0.1, -0.05) is 167 Å². The van der Waals surface area contributed by atoms with Gasteiger partial charge < -0.3 is 24.6 Å². The van der Waals surface area contributed by atoms with E-state index in [1.54, 1.807) is 0 Å². The highest BCUT2D eigenvalue weighted by Gasteiger charge is 2.39. The molecule has 2 aliphatic heterocycles. The molecule has 5 nitrogen and oxygen atoms in total. The largest absolute Gasteiger partial charge is 0.449 e. The lowest BCUT2D eigenvalue weighted by molar-refractivity contribution is 0.332. The highest BCUT2D eigenvalue weighted by Crippen LogP contribution is 2.53. The number of hydrogen-bond donors (Lipinski definition) is 1. The standard InChI is InChI=1S/C69H58BN3O2/c1-45-38-56-57(69(4,5)37-36-68(56,2)3)43-60(45)73-61-41-53(72(51-24-14-8-15-25-51)52-26-16-9-17-27-52)34-35-58(61)70-67-55(39-49(40-62(67)73)47-22-12-7-13-23-47)54-42-65-66(75-64-29-19-18-28-63(64)74-65)44-59(54)71-50-32-30-48(31-33-50)46-20-10-6-11-21-46/h6-35,38-44,70-71H,36-37H2,1-5H3. The number of nitrogens with one attached hydrogen (secondary N) is 1. The van der Waals surface area contributed by atoms with Crippen LogP contribution in [0, 0.1) is 6.92 Å². The number of para-hydroxylation sites is 4. The summed E-state index contributed by atoms with van der Waals surface area (Å²) in [5.74, 6) is 2.71. The van der Waals surface area contributed by atoms with Crippen molar-refractivity contribution in [3.8, 4) is 56.4 Å². The molecular weight excluding hydrogens is 914 g/mol. The zero-order valence-electron chi connectivity index (χ0n) is 43.2. The lowest BCUT2D eigenvalue weighted by Gasteiger charge is -2.44. The molecule has 1 aliphatic carbocycles. The zero-order valence-corrected chi connectivity index (χ0v) is 43.2. The minimum atomic E-state index is -0.00521. The van der Waals surface area contributed by atoms with Crippen LogP contribution in [-0.2, 0) is 10.8 Å². The van der Waals surface area contributed by atoms with Crippen molar-refractivity contribution in [2.75, 3.05) is 15.1 Å². The number of benzene rings is 10. The van der Waals surface area contributed by atoms with Crippen molar-refractivity contribution in [1.82, 2.24) is 0 Å². The molecule has 0 fully saturated rings. The Morgan fingerprint density at radius 1 is 0.440 bits per heavy atom. The summed E-state index contributed by atoms with van der Waals surface area (Å²) in [5, 5.41) is 3.91. The van der Waals surface area contributed by atoms with Gasteiger partial charge >= 0.3 is 0 Å². The first-order chi connectivity index (χ1) is 36.5. The van der Waals surface area contributed by atoms with Gasteiger partial charge in [0.15, 0.2) is 30.3 Å². The van der Waals surface area contributed by atoms with Crippen LogP contribution >= 0.6 is 0 Å². The van der Waals surface area contributed by atoms with Crippen LogP contribution in [0.2, 0.25) is 0 Å². The van der Waals surface area contributed by atoms with E-state index in [0.717, 1.165) is 74.8 Å². The number of fused-ring (bicyclic) bond motifs is 5. The van der Waals surface area contributed by atoms with Gasteiger partial charge in [-0.15, -0.1) is 0 Å². The van der Waals surface area contributed by atoms with Crippen LogP contribution in [0.5, 0.6) is 23.0 Å². The Labute approximate surface area is 441 Å². The number of aryl methyl sites for hydroxylation is 1. The van der Waals surface area contributed by atoms with E-state index in [2.05, 4.69) is 250 Å². The topological polar surface area (TPSA) is 37.0 Å². The van der Waals surface area contributed by atoms with Gasteiger partial charge in [-0.05, 0) is 165 Å². The summed E-state index contributed by atoms with van der Waals surface area (Å²) in [6, 6.07) is 80.7. The summed E-state index contributed by atoms with van der Waals surface area (Å²) in [4.78, 5) is 4.97. The molecule has 10 aromatic carbocycles. The minimum absolute atomic E-state index is 0.00521. The summed E-state index contributed by atoms with van der Waals surface area (Å²) < 4.78 is 13.4. The van der Waals surface area contributed by atoms with Crippen LogP contribution in [0.1, 0.15) is 57.2 Å². The Kier molecular flexibility index (Phi) is 11.3. The van der Waals surface area contributed by atoms with Gasteiger partial charge in [0.05, 0.1) is 5.69 Å². The maximum atomic E-state index is 6.76. The number of ether oxygens (including phenoxy) is 2. The molecule has 0 saturated carbocycles. The predicted molar refractivity (Wildman–Crippen MR) is 315 cm³/mol. The molecule has 0 unspecified atom stereocenters. The number of nitrogens with zero attached hydrogens (tertiary/aromatic N) is 2. The summed E-state index contributed by atoms with van der Waals surface area (Å²) in [6.45, 7) is 12.0. The van der Waals surface area contributed by atoms with Crippen LogP contribution in [0.4, 0.5) is 45.5 Å². The molecule has 0 atom stereocenters. The first-order valence-electron chi connectivity index (χ1n) is 26.3. The second kappa shape index (κ2) is 18.3. The quantitative estimate of drug-likeness (QED) is 0.146. The van der Waals surface area contributed by atoms with E-state index in [4.69, 9.17) is 9.47 Å². The third-order valence-corrected chi connectivity index (χ3v) is 15.9. The molecule has 13 rings (SSSR count). The monoisotopic (exact) mass is 971 g/mol. The van der Waals surface area contributed by atoms with E-state index in [-0.39, 0.29) is 10.8 Å². The molecule has 1 N–H and O–H groups in total. The van der Waals surface area contributed by atoms with E-state index in [1.165, 1.54) is 44.6 Å². The Balaban J connectivity index is 1.06. The Bertz CT molecular complexity index is 3740. The molecule has 0 bridgehead atoms. The van der Waals surface area contributed by atoms with E-state index >= 15 is 0 Å². The van der Waals surface area contributed by atoms with E-state index in [0.29, 0.717) is 30.3 Å². The molecule has 0 spiro atoms. The van der Waals surface area contributed by atoms with Crippen molar-refractivity contribution in [1.29, 1.82) is 0 Å². The molecule has 75 heavy (non-hydrogen) atoms. The molecule has 10 aromatic rings. The van der Waals surface area contributed by atoms with Crippen molar-refractivity contribution >= 4 is 63.7 Å². The first-order valence-corrected chi connectivity index (χ1v) is 26.3. The average molecular weight is 972 g/mol. The van der Waals surface area contributed by atoms with Crippen LogP contribution in [0.15, 0.2) is 224 Å². The summed E-state index contributed by atoms with van der Waals surface area (Å²) in [6.07, 6.45) is 2.27. The zero-order chi connectivity index (χ0) is 50.8.